The van der Waals surface area contributed by atoms with Gasteiger partial charge in [-0.15, -0.1) is 0 Å². The summed E-state index contributed by atoms with van der Waals surface area (Å²) >= 11 is 0. The van der Waals surface area contributed by atoms with Gasteiger partial charge in [0.25, 0.3) is 0 Å². The minimum Gasteiger partial charge on any atom is -0.396 e. The number of nitrogens with zero attached hydrogens (tertiary/aromatic N) is 2. The zero-order valence-electron chi connectivity index (χ0n) is 13.6. The maximum absolute atomic E-state index is 12.2. The number of rotatable bonds is 6. The summed E-state index contributed by atoms with van der Waals surface area (Å²) in [6, 6.07) is 5.00. The number of para-hydroxylation sites is 1. The van der Waals surface area contributed by atoms with Crippen LogP contribution in [0.1, 0.15) is 13.8 Å². The summed E-state index contributed by atoms with van der Waals surface area (Å²) in [5.74, 6) is 0. The van der Waals surface area contributed by atoms with E-state index in [0.29, 0.717) is 12.2 Å². The van der Waals surface area contributed by atoms with Crippen molar-refractivity contribution in [2.75, 3.05) is 45.8 Å². The zero-order valence-corrected chi connectivity index (χ0v) is 14.5. The maximum atomic E-state index is 12.2. The first-order valence-electron chi connectivity index (χ1n) is 6.72. The van der Waals surface area contributed by atoms with Gasteiger partial charge in [-0.1, -0.05) is 6.07 Å². The van der Waals surface area contributed by atoms with Gasteiger partial charge in [-0.2, -0.15) is 0 Å². The van der Waals surface area contributed by atoms with E-state index in [1.165, 1.54) is 20.2 Å². The van der Waals surface area contributed by atoms with Crippen molar-refractivity contribution in [3.63, 3.8) is 0 Å². The largest absolute Gasteiger partial charge is 0.396 e. The molecule has 7 heteroatoms. The molecule has 120 valence electrons. The van der Waals surface area contributed by atoms with Gasteiger partial charge in [-0.05, 0) is 40.1 Å². The fourth-order valence-corrected chi connectivity index (χ4v) is 2.62. The van der Waals surface area contributed by atoms with Gasteiger partial charge in [0.2, 0.25) is 10.0 Å². The van der Waals surface area contributed by atoms with E-state index >= 15 is 0 Å². The lowest BCUT2D eigenvalue weighted by molar-refractivity contribution is 0.210. The van der Waals surface area contributed by atoms with Crippen LogP contribution in [0, 0.1) is 0 Å². The second-order valence-corrected chi connectivity index (χ2v) is 8.19. The highest BCUT2D eigenvalue weighted by Crippen LogP contribution is 2.28. The number of likely N-dealkylation sites (N-methyl/N-ethyl adjacent to an activating group) is 1. The number of hydrogen-bond donors (Lipinski definition) is 2. The molecule has 0 saturated carbocycles. The molecule has 0 radical (unpaired) electrons. The van der Waals surface area contributed by atoms with E-state index in [1.54, 1.807) is 12.1 Å². The molecule has 0 aliphatic rings. The SMILES string of the molecule is CN(C)C(C)(C)CNc1cccc(S(=O)(=O)N(C)C)c1N. The van der Waals surface area contributed by atoms with Gasteiger partial charge in [0, 0.05) is 26.2 Å². The Labute approximate surface area is 128 Å². The quantitative estimate of drug-likeness (QED) is 0.773. The molecule has 0 fully saturated rings. The Balaban J connectivity index is 3.08. The van der Waals surface area contributed by atoms with E-state index in [1.807, 2.05) is 14.1 Å². The summed E-state index contributed by atoms with van der Waals surface area (Å²) in [5.41, 5.74) is 6.83. The summed E-state index contributed by atoms with van der Waals surface area (Å²) in [6.07, 6.45) is 0. The first-order valence-corrected chi connectivity index (χ1v) is 8.16. The number of benzene rings is 1. The van der Waals surface area contributed by atoms with Crippen molar-refractivity contribution in [1.29, 1.82) is 0 Å². The van der Waals surface area contributed by atoms with Crippen LogP contribution in [0.2, 0.25) is 0 Å². The van der Waals surface area contributed by atoms with E-state index < -0.39 is 10.0 Å². The zero-order chi connectivity index (χ0) is 16.4. The third kappa shape index (κ3) is 3.87. The van der Waals surface area contributed by atoms with E-state index in [0.717, 1.165) is 4.31 Å². The number of nitrogen functional groups attached to an aromatic ring is 1. The third-order valence-electron chi connectivity index (χ3n) is 3.75. The molecule has 0 saturated heterocycles. The van der Waals surface area contributed by atoms with Crippen LogP contribution in [0.25, 0.3) is 0 Å². The highest BCUT2D eigenvalue weighted by atomic mass is 32.2. The van der Waals surface area contributed by atoms with Gasteiger partial charge in [0.1, 0.15) is 4.90 Å². The summed E-state index contributed by atoms with van der Waals surface area (Å²) in [4.78, 5) is 2.22. The summed E-state index contributed by atoms with van der Waals surface area (Å²) in [7, 11) is 3.43. The van der Waals surface area contributed by atoms with Gasteiger partial charge in [-0.3, -0.25) is 0 Å². The summed E-state index contributed by atoms with van der Waals surface area (Å²) < 4.78 is 25.6. The van der Waals surface area contributed by atoms with Crippen LogP contribution in [0.15, 0.2) is 23.1 Å². The van der Waals surface area contributed by atoms with E-state index in [9.17, 15) is 8.42 Å². The van der Waals surface area contributed by atoms with Gasteiger partial charge >= 0.3 is 0 Å². The van der Waals surface area contributed by atoms with Crippen molar-refractivity contribution in [2.24, 2.45) is 0 Å². The topological polar surface area (TPSA) is 78.7 Å². The third-order valence-corrected chi connectivity index (χ3v) is 5.62. The van der Waals surface area contributed by atoms with Crippen LogP contribution < -0.4 is 11.1 Å². The molecule has 1 rings (SSSR count). The highest BCUT2D eigenvalue weighted by molar-refractivity contribution is 7.89. The number of hydrogen-bond acceptors (Lipinski definition) is 5. The predicted octanol–water partition coefficient (Wildman–Crippen LogP) is 1.27. The van der Waals surface area contributed by atoms with Crippen LogP contribution in [-0.2, 0) is 10.0 Å². The van der Waals surface area contributed by atoms with Gasteiger partial charge in [0.05, 0.1) is 11.4 Å². The first-order chi connectivity index (χ1) is 9.50. The Hall–Kier alpha value is -1.31. The molecule has 21 heavy (non-hydrogen) atoms. The van der Waals surface area contributed by atoms with Crippen molar-refractivity contribution >= 4 is 21.4 Å². The van der Waals surface area contributed by atoms with Gasteiger partial charge in [-0.25, -0.2) is 12.7 Å². The van der Waals surface area contributed by atoms with Crippen LogP contribution in [-0.4, -0.2) is 57.9 Å². The fourth-order valence-electron chi connectivity index (χ4n) is 1.59. The molecule has 0 aromatic heterocycles. The maximum Gasteiger partial charge on any atom is 0.244 e. The normalized spacial score (nSPS) is 13.0. The molecule has 6 nitrogen and oxygen atoms in total. The Morgan fingerprint density at radius 1 is 1.19 bits per heavy atom. The monoisotopic (exact) mass is 314 g/mol. The van der Waals surface area contributed by atoms with E-state index in [4.69, 9.17) is 5.73 Å². The number of sulfonamides is 1. The molecule has 1 aromatic rings. The molecule has 1 aromatic carbocycles. The highest BCUT2D eigenvalue weighted by Gasteiger charge is 2.23. The summed E-state index contributed by atoms with van der Waals surface area (Å²) in [5, 5.41) is 3.24. The molecule has 0 unspecified atom stereocenters. The Morgan fingerprint density at radius 3 is 2.24 bits per heavy atom. The molecular weight excluding hydrogens is 288 g/mol. The van der Waals surface area contributed by atoms with Crippen LogP contribution in [0.5, 0.6) is 0 Å². The molecule has 0 heterocycles. The number of nitrogens with two attached hydrogens (primary N) is 1. The second-order valence-electron chi connectivity index (χ2n) is 6.07. The fraction of sp³-hybridized carbons (Fsp3) is 0.571. The lowest BCUT2D eigenvalue weighted by Gasteiger charge is -2.33. The molecule has 3 N–H and O–H groups in total. The molecule has 0 aliphatic heterocycles. The van der Waals surface area contributed by atoms with Crippen LogP contribution in [0.4, 0.5) is 11.4 Å². The Morgan fingerprint density at radius 2 is 1.76 bits per heavy atom. The standard InChI is InChI=1S/C14H26N4O2S/c1-14(2,17(3)4)10-16-11-8-7-9-12(13(11)15)21(19,20)18(5)6/h7-9,16H,10,15H2,1-6H3. The first kappa shape index (κ1) is 17.7. The van der Waals surface area contributed by atoms with Crippen molar-refractivity contribution in [3.05, 3.63) is 18.2 Å². The molecular formula is C14H26N4O2S. The van der Waals surface area contributed by atoms with Crippen molar-refractivity contribution < 1.29 is 8.42 Å². The Bertz CT molecular complexity index is 595. The predicted molar refractivity (Wildman–Crippen MR) is 88.0 cm³/mol. The molecule has 0 atom stereocenters. The lowest BCUT2D eigenvalue weighted by Crippen LogP contribution is -2.44. The number of anilines is 2. The van der Waals surface area contributed by atoms with Crippen molar-refractivity contribution in [1.82, 2.24) is 9.21 Å². The minimum absolute atomic E-state index is 0.0805. The van der Waals surface area contributed by atoms with Crippen LogP contribution >= 0.6 is 0 Å². The van der Waals surface area contributed by atoms with Crippen molar-refractivity contribution in [3.8, 4) is 0 Å². The van der Waals surface area contributed by atoms with Gasteiger partial charge < -0.3 is 16.0 Å². The van der Waals surface area contributed by atoms with Gasteiger partial charge in [0.15, 0.2) is 0 Å². The molecule has 0 amide bonds. The lowest BCUT2D eigenvalue weighted by atomic mass is 10.0. The molecule has 0 spiro atoms. The average Bonchev–Trinajstić information content (AvgIpc) is 2.36. The van der Waals surface area contributed by atoms with Crippen molar-refractivity contribution in [2.45, 2.75) is 24.3 Å². The smallest absolute Gasteiger partial charge is 0.244 e. The van der Waals surface area contributed by atoms with E-state index in [-0.39, 0.29) is 16.1 Å². The average molecular weight is 314 g/mol. The molecule has 0 aliphatic carbocycles. The van der Waals surface area contributed by atoms with E-state index in [2.05, 4.69) is 24.1 Å². The summed E-state index contributed by atoms with van der Waals surface area (Å²) in [6.45, 7) is 4.84. The van der Waals surface area contributed by atoms with Crippen LogP contribution in [0.3, 0.4) is 0 Å². The second kappa shape index (κ2) is 6.21. The Kier molecular flexibility index (Phi) is 5.25. The molecule has 0 bridgehead atoms. The number of nitrogens with one attached hydrogen (secondary N) is 1. The minimum atomic E-state index is -3.54.